The Hall–Kier alpha value is -2.82. The summed E-state index contributed by atoms with van der Waals surface area (Å²) in [4.78, 5) is 22.7. The number of methoxy groups -OCH3 is 1. The molecule has 0 radical (unpaired) electrons. The standard InChI is InChI=1S/C16H15NO4/c1-10(18)11-6-7-15(14(8-11)16(19)20)17-12-4-3-5-13(9-12)21-2/h3-9,17H,1-2H3,(H,19,20). The summed E-state index contributed by atoms with van der Waals surface area (Å²) in [6.45, 7) is 1.40. The fourth-order valence-corrected chi connectivity index (χ4v) is 1.91. The van der Waals surface area contributed by atoms with Crippen molar-refractivity contribution in [3.63, 3.8) is 0 Å². The molecule has 0 aliphatic carbocycles. The highest BCUT2D eigenvalue weighted by Crippen LogP contribution is 2.25. The third-order valence-corrected chi connectivity index (χ3v) is 3.01. The molecule has 0 saturated heterocycles. The number of carbonyl (C=O) groups excluding carboxylic acids is 1. The monoisotopic (exact) mass is 285 g/mol. The van der Waals surface area contributed by atoms with E-state index in [0.29, 0.717) is 22.7 Å². The van der Waals surface area contributed by atoms with E-state index in [-0.39, 0.29) is 11.3 Å². The van der Waals surface area contributed by atoms with Crippen LogP contribution in [0.3, 0.4) is 0 Å². The lowest BCUT2D eigenvalue weighted by atomic mass is 10.1. The van der Waals surface area contributed by atoms with Crippen molar-refractivity contribution in [3.05, 3.63) is 53.6 Å². The molecule has 108 valence electrons. The molecule has 0 bridgehead atoms. The summed E-state index contributed by atoms with van der Waals surface area (Å²) in [5.41, 5.74) is 1.53. The van der Waals surface area contributed by atoms with Crippen LogP contribution in [0.2, 0.25) is 0 Å². The molecular formula is C16H15NO4. The van der Waals surface area contributed by atoms with Crippen LogP contribution in [-0.4, -0.2) is 24.0 Å². The first-order valence-corrected chi connectivity index (χ1v) is 6.30. The van der Waals surface area contributed by atoms with Gasteiger partial charge in [0, 0.05) is 17.3 Å². The average molecular weight is 285 g/mol. The predicted octanol–water partition coefficient (Wildman–Crippen LogP) is 3.34. The lowest BCUT2D eigenvalue weighted by Gasteiger charge is -2.11. The molecule has 2 aromatic rings. The van der Waals surface area contributed by atoms with E-state index >= 15 is 0 Å². The summed E-state index contributed by atoms with van der Waals surface area (Å²) in [5.74, 6) is -0.605. The van der Waals surface area contributed by atoms with Gasteiger partial charge in [-0.2, -0.15) is 0 Å². The molecule has 0 aliphatic rings. The smallest absolute Gasteiger partial charge is 0.337 e. The zero-order valence-electron chi connectivity index (χ0n) is 11.7. The number of benzene rings is 2. The molecule has 2 rings (SSSR count). The van der Waals surface area contributed by atoms with Crippen molar-refractivity contribution in [2.24, 2.45) is 0 Å². The molecule has 5 nitrogen and oxygen atoms in total. The Morgan fingerprint density at radius 2 is 1.90 bits per heavy atom. The molecule has 0 aromatic heterocycles. The second-order valence-electron chi connectivity index (χ2n) is 4.48. The van der Waals surface area contributed by atoms with Gasteiger partial charge in [-0.05, 0) is 37.3 Å². The van der Waals surface area contributed by atoms with E-state index < -0.39 is 5.97 Å². The minimum atomic E-state index is -1.09. The van der Waals surface area contributed by atoms with Crippen molar-refractivity contribution >= 4 is 23.1 Å². The minimum Gasteiger partial charge on any atom is -0.497 e. The highest BCUT2D eigenvalue weighted by Gasteiger charge is 2.13. The Bertz CT molecular complexity index is 694. The summed E-state index contributed by atoms with van der Waals surface area (Å²) in [6, 6.07) is 11.7. The maximum Gasteiger partial charge on any atom is 0.337 e. The number of hydrogen-bond acceptors (Lipinski definition) is 4. The van der Waals surface area contributed by atoms with Crippen molar-refractivity contribution in [3.8, 4) is 5.75 Å². The van der Waals surface area contributed by atoms with E-state index in [0.717, 1.165) is 0 Å². The Labute approximate surface area is 122 Å². The molecular weight excluding hydrogens is 270 g/mol. The van der Waals surface area contributed by atoms with Crippen molar-refractivity contribution in [2.45, 2.75) is 6.92 Å². The number of hydrogen-bond donors (Lipinski definition) is 2. The summed E-state index contributed by atoms with van der Waals surface area (Å²) in [5, 5.41) is 12.3. The molecule has 0 atom stereocenters. The van der Waals surface area contributed by atoms with E-state index in [1.807, 2.05) is 0 Å². The number of nitrogens with one attached hydrogen (secondary N) is 1. The molecule has 0 heterocycles. The second-order valence-corrected chi connectivity index (χ2v) is 4.48. The van der Waals surface area contributed by atoms with Crippen LogP contribution in [0, 0.1) is 0 Å². The molecule has 21 heavy (non-hydrogen) atoms. The molecule has 0 spiro atoms. The van der Waals surface area contributed by atoms with Gasteiger partial charge in [0.1, 0.15) is 5.75 Å². The number of ether oxygens (including phenoxy) is 1. The van der Waals surface area contributed by atoms with Gasteiger partial charge >= 0.3 is 5.97 Å². The molecule has 0 saturated carbocycles. The summed E-state index contributed by atoms with van der Waals surface area (Å²) < 4.78 is 5.12. The Morgan fingerprint density at radius 1 is 1.14 bits per heavy atom. The van der Waals surface area contributed by atoms with Gasteiger partial charge in [-0.25, -0.2) is 4.79 Å². The first-order chi connectivity index (χ1) is 10.0. The van der Waals surface area contributed by atoms with Crippen LogP contribution < -0.4 is 10.1 Å². The largest absolute Gasteiger partial charge is 0.497 e. The maximum absolute atomic E-state index is 11.3. The third-order valence-electron chi connectivity index (χ3n) is 3.01. The van der Waals surface area contributed by atoms with E-state index in [2.05, 4.69) is 5.32 Å². The zero-order valence-corrected chi connectivity index (χ0v) is 11.7. The molecule has 0 unspecified atom stereocenters. The second kappa shape index (κ2) is 6.09. The highest BCUT2D eigenvalue weighted by atomic mass is 16.5. The van der Waals surface area contributed by atoms with Gasteiger partial charge in [-0.1, -0.05) is 6.07 Å². The van der Waals surface area contributed by atoms with E-state index in [1.165, 1.54) is 13.0 Å². The highest BCUT2D eigenvalue weighted by molar-refractivity contribution is 6.01. The Morgan fingerprint density at radius 3 is 2.52 bits per heavy atom. The van der Waals surface area contributed by atoms with Crippen LogP contribution in [-0.2, 0) is 0 Å². The fourth-order valence-electron chi connectivity index (χ4n) is 1.91. The van der Waals surface area contributed by atoms with Crippen LogP contribution in [0.5, 0.6) is 5.75 Å². The van der Waals surface area contributed by atoms with E-state index in [9.17, 15) is 14.7 Å². The number of ketones is 1. The molecule has 5 heteroatoms. The van der Waals surface area contributed by atoms with Crippen molar-refractivity contribution < 1.29 is 19.4 Å². The molecule has 0 amide bonds. The molecule has 2 N–H and O–H groups in total. The predicted molar refractivity (Wildman–Crippen MR) is 79.7 cm³/mol. The normalized spacial score (nSPS) is 10.0. The van der Waals surface area contributed by atoms with Crippen molar-refractivity contribution in [1.29, 1.82) is 0 Å². The maximum atomic E-state index is 11.3. The van der Waals surface area contributed by atoms with Crippen LogP contribution >= 0.6 is 0 Å². The lowest BCUT2D eigenvalue weighted by molar-refractivity contribution is 0.0698. The fraction of sp³-hybridized carbons (Fsp3) is 0.125. The van der Waals surface area contributed by atoms with Gasteiger partial charge < -0.3 is 15.2 Å². The Kier molecular flexibility index (Phi) is 4.23. The van der Waals surface area contributed by atoms with Gasteiger partial charge in [0.25, 0.3) is 0 Å². The van der Waals surface area contributed by atoms with E-state index in [1.54, 1.807) is 43.5 Å². The first kappa shape index (κ1) is 14.6. The van der Waals surface area contributed by atoms with E-state index in [4.69, 9.17) is 4.74 Å². The number of Topliss-reactive ketones (excluding diaryl/α,β-unsaturated/α-hetero) is 1. The van der Waals surface area contributed by atoms with Crippen LogP contribution in [0.1, 0.15) is 27.6 Å². The van der Waals surface area contributed by atoms with Crippen LogP contribution in [0.15, 0.2) is 42.5 Å². The quantitative estimate of drug-likeness (QED) is 0.824. The number of aromatic carboxylic acids is 1. The average Bonchev–Trinajstić information content (AvgIpc) is 2.47. The molecule has 0 aliphatic heterocycles. The van der Waals surface area contributed by atoms with Crippen molar-refractivity contribution in [1.82, 2.24) is 0 Å². The van der Waals surface area contributed by atoms with Gasteiger partial charge in [0.2, 0.25) is 0 Å². The van der Waals surface area contributed by atoms with Gasteiger partial charge in [0.15, 0.2) is 5.78 Å². The van der Waals surface area contributed by atoms with Gasteiger partial charge in [-0.3, -0.25) is 4.79 Å². The first-order valence-electron chi connectivity index (χ1n) is 6.30. The molecule has 0 fully saturated rings. The topological polar surface area (TPSA) is 75.6 Å². The SMILES string of the molecule is COc1cccc(Nc2ccc(C(C)=O)cc2C(=O)O)c1. The zero-order chi connectivity index (χ0) is 15.4. The number of carboxylic acid groups (broad SMARTS) is 1. The third kappa shape index (κ3) is 3.39. The van der Waals surface area contributed by atoms with Gasteiger partial charge in [0.05, 0.1) is 18.4 Å². The summed E-state index contributed by atoms with van der Waals surface area (Å²) >= 11 is 0. The minimum absolute atomic E-state index is 0.0468. The van der Waals surface area contributed by atoms with Crippen LogP contribution in [0.25, 0.3) is 0 Å². The van der Waals surface area contributed by atoms with Gasteiger partial charge in [-0.15, -0.1) is 0 Å². The number of rotatable bonds is 5. The summed E-state index contributed by atoms with van der Waals surface area (Å²) in [6.07, 6.45) is 0. The number of anilines is 2. The lowest BCUT2D eigenvalue weighted by Crippen LogP contribution is -2.05. The number of carboxylic acids is 1. The summed E-state index contributed by atoms with van der Waals surface area (Å²) in [7, 11) is 1.56. The Balaban J connectivity index is 2.38. The van der Waals surface area contributed by atoms with Crippen LogP contribution in [0.4, 0.5) is 11.4 Å². The van der Waals surface area contributed by atoms with Crippen molar-refractivity contribution in [2.75, 3.05) is 12.4 Å². The number of carbonyl (C=O) groups is 2. The molecule has 2 aromatic carbocycles.